The van der Waals surface area contributed by atoms with Gasteiger partial charge in [-0.3, -0.25) is 4.79 Å². The Kier molecular flexibility index (Phi) is 4.28. The summed E-state index contributed by atoms with van der Waals surface area (Å²) in [5, 5.41) is 21.1. The molecule has 5 heteroatoms. The van der Waals surface area contributed by atoms with Crippen LogP contribution in [0, 0.1) is 5.92 Å². The van der Waals surface area contributed by atoms with E-state index >= 15 is 0 Å². The summed E-state index contributed by atoms with van der Waals surface area (Å²) in [6, 6.07) is 7.75. The summed E-state index contributed by atoms with van der Waals surface area (Å²) in [6.07, 6.45) is 2.69. The van der Waals surface area contributed by atoms with Gasteiger partial charge in [-0.15, -0.1) is 0 Å². The number of nitrogens with zero attached hydrogens (tertiary/aromatic N) is 2. The maximum atomic E-state index is 10.7. The van der Waals surface area contributed by atoms with Crippen LogP contribution in [0.3, 0.4) is 0 Å². The van der Waals surface area contributed by atoms with E-state index in [1.54, 1.807) is 6.20 Å². The lowest BCUT2D eigenvalue weighted by Crippen LogP contribution is -2.17. The summed E-state index contributed by atoms with van der Waals surface area (Å²) >= 11 is 0. The molecule has 1 aromatic carbocycles. The third-order valence-electron chi connectivity index (χ3n) is 3.17. The van der Waals surface area contributed by atoms with E-state index in [1.807, 2.05) is 31.2 Å². The number of aromatic nitrogens is 2. The summed E-state index contributed by atoms with van der Waals surface area (Å²) < 4.78 is 0. The predicted molar refractivity (Wildman–Crippen MR) is 74.1 cm³/mol. The van der Waals surface area contributed by atoms with Crippen molar-refractivity contribution in [1.29, 1.82) is 0 Å². The zero-order valence-corrected chi connectivity index (χ0v) is 10.8. The molecule has 0 radical (unpaired) electrons. The Morgan fingerprint density at radius 3 is 2.95 bits per heavy atom. The molecule has 0 saturated carbocycles. The number of benzene rings is 1. The second-order valence-corrected chi connectivity index (χ2v) is 4.53. The number of carboxylic acids is 1. The summed E-state index contributed by atoms with van der Waals surface area (Å²) in [5.41, 5.74) is 1.73. The molecule has 19 heavy (non-hydrogen) atoms. The molecule has 2 aromatic rings. The van der Waals surface area contributed by atoms with Gasteiger partial charge in [0.05, 0.1) is 17.4 Å². The third-order valence-corrected chi connectivity index (χ3v) is 3.17. The van der Waals surface area contributed by atoms with Crippen LogP contribution < -0.4 is 5.32 Å². The highest BCUT2D eigenvalue weighted by atomic mass is 16.4. The van der Waals surface area contributed by atoms with E-state index < -0.39 is 5.97 Å². The van der Waals surface area contributed by atoms with Crippen LogP contribution in [0.25, 0.3) is 10.9 Å². The molecular weight excluding hydrogens is 242 g/mol. The predicted octanol–water partition coefficient (Wildman–Crippen LogP) is 2.54. The zero-order chi connectivity index (χ0) is 13.7. The van der Waals surface area contributed by atoms with E-state index in [0.717, 1.165) is 23.0 Å². The lowest BCUT2D eigenvalue weighted by Gasteiger charge is -2.15. The van der Waals surface area contributed by atoms with E-state index in [1.165, 1.54) is 0 Å². The Morgan fingerprint density at radius 1 is 1.42 bits per heavy atom. The normalized spacial score (nSPS) is 12.3. The van der Waals surface area contributed by atoms with Gasteiger partial charge in [-0.05, 0) is 12.0 Å². The van der Waals surface area contributed by atoms with Crippen molar-refractivity contribution in [2.45, 2.75) is 19.8 Å². The van der Waals surface area contributed by atoms with Gasteiger partial charge in [0.2, 0.25) is 0 Å². The van der Waals surface area contributed by atoms with Crippen molar-refractivity contribution in [3.8, 4) is 0 Å². The number of anilines is 1. The van der Waals surface area contributed by atoms with Gasteiger partial charge in [0.15, 0.2) is 0 Å². The molecule has 0 spiro atoms. The Morgan fingerprint density at radius 2 is 2.21 bits per heavy atom. The Bertz CT molecular complexity index is 566. The molecule has 0 saturated heterocycles. The fourth-order valence-corrected chi connectivity index (χ4v) is 2.01. The maximum absolute atomic E-state index is 10.7. The van der Waals surface area contributed by atoms with Crippen molar-refractivity contribution in [3.05, 3.63) is 30.5 Å². The topological polar surface area (TPSA) is 75.1 Å². The second-order valence-electron chi connectivity index (χ2n) is 4.53. The highest BCUT2D eigenvalue weighted by molar-refractivity contribution is 5.90. The van der Waals surface area contributed by atoms with Crippen LogP contribution in [-0.4, -0.2) is 27.8 Å². The molecule has 100 valence electrons. The molecule has 2 rings (SSSR count). The molecule has 1 aromatic heterocycles. The van der Waals surface area contributed by atoms with Crippen LogP contribution in [0.1, 0.15) is 19.8 Å². The molecule has 1 atom stereocenters. The first-order chi connectivity index (χ1) is 9.20. The van der Waals surface area contributed by atoms with Crippen molar-refractivity contribution in [3.63, 3.8) is 0 Å². The summed E-state index contributed by atoms with van der Waals surface area (Å²) in [5.74, 6) is -0.643. The van der Waals surface area contributed by atoms with Gasteiger partial charge in [0, 0.05) is 18.4 Å². The molecule has 1 unspecified atom stereocenters. The van der Waals surface area contributed by atoms with Crippen LogP contribution in [-0.2, 0) is 4.79 Å². The molecule has 5 nitrogen and oxygen atoms in total. The lowest BCUT2D eigenvalue weighted by atomic mass is 10.0. The minimum atomic E-state index is -0.758. The molecule has 0 aliphatic carbocycles. The second kappa shape index (κ2) is 6.13. The molecule has 0 amide bonds. The highest BCUT2D eigenvalue weighted by Gasteiger charge is 2.11. The molecule has 2 N–H and O–H groups in total. The number of rotatable bonds is 6. The number of carbonyl (C=O) groups is 1. The minimum absolute atomic E-state index is 0.115. The number of nitrogens with one attached hydrogen (secondary N) is 1. The van der Waals surface area contributed by atoms with Gasteiger partial charge in [-0.2, -0.15) is 10.2 Å². The first-order valence-corrected chi connectivity index (χ1v) is 6.36. The largest absolute Gasteiger partial charge is 0.481 e. The summed E-state index contributed by atoms with van der Waals surface area (Å²) in [6.45, 7) is 2.62. The smallest absolute Gasteiger partial charge is 0.303 e. The average molecular weight is 259 g/mol. The SMILES string of the molecule is CCC(CNc1cnnc2ccccc12)CC(=O)O. The number of carboxylic acid groups (broad SMARTS) is 1. The Balaban J connectivity index is 2.11. The van der Waals surface area contributed by atoms with Crippen LogP contribution >= 0.6 is 0 Å². The van der Waals surface area contributed by atoms with Gasteiger partial charge < -0.3 is 10.4 Å². The van der Waals surface area contributed by atoms with Crippen LogP contribution in [0.2, 0.25) is 0 Å². The lowest BCUT2D eigenvalue weighted by molar-refractivity contribution is -0.138. The van der Waals surface area contributed by atoms with Crippen molar-refractivity contribution in [2.75, 3.05) is 11.9 Å². The van der Waals surface area contributed by atoms with E-state index in [4.69, 9.17) is 5.11 Å². The average Bonchev–Trinajstić information content (AvgIpc) is 2.43. The Hall–Kier alpha value is -2.17. The van der Waals surface area contributed by atoms with E-state index in [-0.39, 0.29) is 12.3 Å². The van der Waals surface area contributed by atoms with Gasteiger partial charge in [0.1, 0.15) is 0 Å². The third kappa shape index (κ3) is 3.40. The fourth-order valence-electron chi connectivity index (χ4n) is 2.01. The standard InChI is InChI=1S/C14H17N3O2/c1-2-10(7-14(18)19)8-15-13-9-16-17-12-6-4-3-5-11(12)13/h3-6,9-10H,2,7-8H2,1H3,(H,15,17)(H,18,19). The number of aliphatic carboxylic acids is 1. The monoisotopic (exact) mass is 259 g/mol. The summed E-state index contributed by atoms with van der Waals surface area (Å²) in [7, 11) is 0. The van der Waals surface area contributed by atoms with Gasteiger partial charge in [-0.1, -0.05) is 31.5 Å². The Labute approximate surface area is 111 Å². The first-order valence-electron chi connectivity index (χ1n) is 6.36. The molecule has 0 bridgehead atoms. The zero-order valence-electron chi connectivity index (χ0n) is 10.8. The molecule has 0 aliphatic rings. The van der Waals surface area contributed by atoms with Crippen LogP contribution in [0.4, 0.5) is 5.69 Å². The first kappa shape index (κ1) is 13.3. The van der Waals surface area contributed by atoms with Gasteiger partial charge >= 0.3 is 5.97 Å². The summed E-state index contributed by atoms with van der Waals surface area (Å²) in [4.78, 5) is 10.7. The maximum Gasteiger partial charge on any atom is 0.303 e. The van der Waals surface area contributed by atoms with Crippen molar-refractivity contribution >= 4 is 22.6 Å². The van der Waals surface area contributed by atoms with Crippen molar-refractivity contribution < 1.29 is 9.90 Å². The van der Waals surface area contributed by atoms with E-state index in [2.05, 4.69) is 15.5 Å². The van der Waals surface area contributed by atoms with Crippen molar-refractivity contribution in [2.24, 2.45) is 5.92 Å². The van der Waals surface area contributed by atoms with Crippen molar-refractivity contribution in [1.82, 2.24) is 10.2 Å². The molecule has 0 aliphatic heterocycles. The number of fused-ring (bicyclic) bond motifs is 1. The molecular formula is C14H17N3O2. The molecule has 0 fully saturated rings. The van der Waals surface area contributed by atoms with E-state index in [9.17, 15) is 4.79 Å². The van der Waals surface area contributed by atoms with Crippen LogP contribution in [0.15, 0.2) is 30.5 Å². The fraction of sp³-hybridized carbons (Fsp3) is 0.357. The van der Waals surface area contributed by atoms with Gasteiger partial charge in [0.25, 0.3) is 0 Å². The van der Waals surface area contributed by atoms with E-state index in [0.29, 0.717) is 6.54 Å². The quantitative estimate of drug-likeness (QED) is 0.833. The minimum Gasteiger partial charge on any atom is -0.481 e. The molecule has 1 heterocycles. The highest BCUT2D eigenvalue weighted by Crippen LogP contribution is 2.20. The number of hydrogen-bond acceptors (Lipinski definition) is 4. The van der Waals surface area contributed by atoms with Gasteiger partial charge in [-0.25, -0.2) is 0 Å². The number of hydrogen-bond donors (Lipinski definition) is 2. The van der Waals surface area contributed by atoms with Crippen LogP contribution in [0.5, 0.6) is 0 Å².